The molecule has 22 heavy (non-hydrogen) atoms. The molecule has 0 fully saturated rings. The molecule has 0 atom stereocenters. The zero-order valence-electron chi connectivity index (χ0n) is 14.7. The molecule has 122 valence electrons. The quantitative estimate of drug-likeness (QED) is 0.438. The van der Waals surface area contributed by atoms with Gasteiger partial charge in [-0.2, -0.15) is 0 Å². The van der Waals surface area contributed by atoms with Gasteiger partial charge in [0.15, 0.2) is 0 Å². The van der Waals surface area contributed by atoms with E-state index < -0.39 is 0 Å². The van der Waals surface area contributed by atoms with Gasteiger partial charge in [0.1, 0.15) is 6.67 Å². The van der Waals surface area contributed by atoms with E-state index in [0.717, 1.165) is 12.1 Å². The summed E-state index contributed by atoms with van der Waals surface area (Å²) in [5, 5.41) is 0. The van der Waals surface area contributed by atoms with Gasteiger partial charge in [0.2, 0.25) is 0 Å². The van der Waals surface area contributed by atoms with Gasteiger partial charge in [-0.25, -0.2) is 4.39 Å². The summed E-state index contributed by atoms with van der Waals surface area (Å²) in [5.74, 6) is 0. The standard InChI is InChI=1S/C18H24FN.C2H6/c1-5-6-15(2)7-8-16(3)17-9-11-18(12-10-17)20(4)14-13-19;1-2/h5,7-12H,1,6,13-14H2,2-4H3;1-2H3/b15-7-,16-8+;. The first-order chi connectivity index (χ1) is 10.6. The maximum Gasteiger partial charge on any atom is 0.107 e. The predicted molar refractivity (Wildman–Crippen MR) is 99.3 cm³/mol. The second-order valence-electron chi connectivity index (χ2n) is 5.01. The lowest BCUT2D eigenvalue weighted by Crippen LogP contribution is -2.19. The van der Waals surface area contributed by atoms with E-state index in [-0.39, 0.29) is 6.67 Å². The summed E-state index contributed by atoms with van der Waals surface area (Å²) in [6.07, 6.45) is 7.07. The maximum absolute atomic E-state index is 12.3. The molecule has 0 radical (unpaired) electrons. The summed E-state index contributed by atoms with van der Waals surface area (Å²) < 4.78 is 12.3. The SMILES string of the molecule is C=CC/C(C)=C\C=C(/C)c1ccc(N(C)CCF)cc1.CC. The third kappa shape index (κ3) is 7.26. The van der Waals surface area contributed by atoms with Crippen LogP contribution < -0.4 is 4.90 Å². The zero-order chi connectivity index (χ0) is 17.0. The summed E-state index contributed by atoms with van der Waals surface area (Å²) in [6, 6.07) is 8.21. The van der Waals surface area contributed by atoms with Gasteiger partial charge >= 0.3 is 0 Å². The number of benzene rings is 1. The van der Waals surface area contributed by atoms with E-state index in [0.29, 0.717) is 6.54 Å². The van der Waals surface area contributed by atoms with E-state index in [4.69, 9.17) is 0 Å². The number of alkyl halides is 1. The van der Waals surface area contributed by atoms with Crippen LogP contribution in [-0.2, 0) is 0 Å². The van der Waals surface area contributed by atoms with Crippen molar-refractivity contribution in [2.45, 2.75) is 34.1 Å². The van der Waals surface area contributed by atoms with Gasteiger partial charge in [0.05, 0.1) is 0 Å². The number of rotatable bonds is 7. The van der Waals surface area contributed by atoms with Crippen LogP contribution in [0.1, 0.15) is 39.7 Å². The molecule has 1 aromatic rings. The van der Waals surface area contributed by atoms with Crippen molar-refractivity contribution in [1.29, 1.82) is 0 Å². The van der Waals surface area contributed by atoms with Crippen molar-refractivity contribution in [1.82, 2.24) is 0 Å². The topological polar surface area (TPSA) is 3.24 Å². The molecule has 0 bridgehead atoms. The first-order valence-corrected chi connectivity index (χ1v) is 7.91. The van der Waals surface area contributed by atoms with Crippen LogP contribution in [-0.4, -0.2) is 20.3 Å². The van der Waals surface area contributed by atoms with Gasteiger partial charge in [-0.3, -0.25) is 0 Å². The van der Waals surface area contributed by atoms with Crippen molar-refractivity contribution in [2.75, 3.05) is 25.2 Å². The largest absolute Gasteiger partial charge is 0.372 e. The highest BCUT2D eigenvalue weighted by atomic mass is 19.1. The molecular weight excluding hydrogens is 273 g/mol. The molecular formula is C20H30FN. The number of anilines is 1. The minimum Gasteiger partial charge on any atom is -0.372 e. The van der Waals surface area contributed by atoms with Crippen LogP contribution in [0.2, 0.25) is 0 Å². The molecule has 0 amide bonds. The van der Waals surface area contributed by atoms with Gasteiger partial charge in [-0.15, -0.1) is 6.58 Å². The van der Waals surface area contributed by atoms with E-state index >= 15 is 0 Å². The van der Waals surface area contributed by atoms with E-state index in [1.165, 1.54) is 16.7 Å². The minimum atomic E-state index is -0.329. The van der Waals surface area contributed by atoms with Crippen molar-refractivity contribution in [3.05, 3.63) is 60.2 Å². The van der Waals surface area contributed by atoms with Gasteiger partial charge in [0, 0.05) is 19.3 Å². The lowest BCUT2D eigenvalue weighted by molar-refractivity contribution is 0.497. The second kappa shape index (κ2) is 11.8. The van der Waals surface area contributed by atoms with Crippen LogP contribution in [0.25, 0.3) is 5.57 Å². The highest BCUT2D eigenvalue weighted by Gasteiger charge is 2.01. The van der Waals surface area contributed by atoms with Gasteiger partial charge in [-0.1, -0.05) is 49.8 Å². The second-order valence-corrected chi connectivity index (χ2v) is 5.01. The Morgan fingerprint density at radius 3 is 2.23 bits per heavy atom. The third-order valence-electron chi connectivity index (χ3n) is 3.27. The number of halogens is 1. The molecule has 0 N–H and O–H groups in total. The lowest BCUT2D eigenvalue weighted by Gasteiger charge is -2.17. The number of hydrogen-bond acceptors (Lipinski definition) is 1. The molecule has 1 aromatic carbocycles. The van der Waals surface area contributed by atoms with Crippen LogP contribution in [0.4, 0.5) is 10.1 Å². The molecule has 0 aliphatic carbocycles. The Kier molecular flexibility index (Phi) is 10.8. The van der Waals surface area contributed by atoms with Crippen LogP contribution in [0.5, 0.6) is 0 Å². The van der Waals surface area contributed by atoms with Crippen LogP contribution in [0.15, 0.2) is 54.6 Å². The fraction of sp³-hybridized carbons (Fsp3) is 0.400. The van der Waals surface area contributed by atoms with Crippen LogP contribution >= 0.6 is 0 Å². The van der Waals surface area contributed by atoms with E-state index in [2.05, 4.69) is 44.7 Å². The van der Waals surface area contributed by atoms with Crippen LogP contribution in [0, 0.1) is 0 Å². The highest BCUT2D eigenvalue weighted by Crippen LogP contribution is 2.19. The summed E-state index contributed by atoms with van der Waals surface area (Å²) in [5.41, 5.74) is 4.73. The Bertz CT molecular complexity index is 483. The molecule has 0 aliphatic heterocycles. The Morgan fingerprint density at radius 2 is 1.73 bits per heavy atom. The molecule has 0 aliphatic rings. The Balaban J connectivity index is 0.00000211. The van der Waals surface area contributed by atoms with Gasteiger partial charge in [-0.05, 0) is 43.5 Å². The molecule has 0 heterocycles. The fourth-order valence-electron chi connectivity index (χ4n) is 1.89. The van der Waals surface area contributed by atoms with Gasteiger partial charge < -0.3 is 4.90 Å². The normalized spacial score (nSPS) is 11.5. The Morgan fingerprint density at radius 1 is 1.14 bits per heavy atom. The van der Waals surface area contributed by atoms with E-state index in [1.54, 1.807) is 0 Å². The summed E-state index contributed by atoms with van der Waals surface area (Å²) in [7, 11) is 1.90. The molecule has 0 saturated carbocycles. The fourth-order valence-corrected chi connectivity index (χ4v) is 1.89. The van der Waals surface area contributed by atoms with Crippen LogP contribution in [0.3, 0.4) is 0 Å². The molecule has 0 aromatic heterocycles. The van der Waals surface area contributed by atoms with Crippen molar-refractivity contribution in [2.24, 2.45) is 0 Å². The average Bonchev–Trinajstić information content (AvgIpc) is 2.55. The molecule has 1 rings (SSSR count). The molecule has 0 saturated heterocycles. The number of nitrogens with zero attached hydrogens (tertiary/aromatic N) is 1. The van der Waals surface area contributed by atoms with E-state index in [9.17, 15) is 4.39 Å². The Labute approximate surface area is 135 Å². The van der Waals surface area contributed by atoms with Crippen molar-refractivity contribution < 1.29 is 4.39 Å². The molecule has 1 nitrogen and oxygen atoms in total. The van der Waals surface area contributed by atoms with Crippen molar-refractivity contribution in [3.8, 4) is 0 Å². The number of hydrogen-bond donors (Lipinski definition) is 0. The summed E-state index contributed by atoms with van der Waals surface area (Å²) in [4.78, 5) is 1.91. The lowest BCUT2D eigenvalue weighted by atomic mass is 10.1. The first-order valence-electron chi connectivity index (χ1n) is 7.91. The average molecular weight is 303 g/mol. The molecule has 0 spiro atoms. The van der Waals surface area contributed by atoms with E-state index in [1.807, 2.05) is 44.0 Å². The summed E-state index contributed by atoms with van der Waals surface area (Å²) in [6.45, 7) is 12.0. The zero-order valence-corrected chi connectivity index (χ0v) is 14.7. The smallest absolute Gasteiger partial charge is 0.107 e. The first kappa shape index (κ1) is 20.2. The third-order valence-corrected chi connectivity index (χ3v) is 3.27. The molecule has 2 heteroatoms. The maximum atomic E-state index is 12.3. The number of allylic oxidation sites excluding steroid dienone is 5. The van der Waals surface area contributed by atoms with Gasteiger partial charge in [0.25, 0.3) is 0 Å². The predicted octanol–water partition coefficient (Wildman–Crippen LogP) is 6.04. The van der Waals surface area contributed by atoms with Crippen molar-refractivity contribution in [3.63, 3.8) is 0 Å². The Hall–Kier alpha value is -1.83. The minimum absolute atomic E-state index is 0.329. The monoisotopic (exact) mass is 303 g/mol. The molecule has 0 unspecified atom stereocenters. The summed E-state index contributed by atoms with van der Waals surface area (Å²) >= 11 is 0. The highest BCUT2D eigenvalue weighted by molar-refractivity contribution is 5.67. The van der Waals surface area contributed by atoms with Crippen molar-refractivity contribution >= 4 is 11.3 Å².